The Morgan fingerprint density at radius 3 is 2.63 bits per heavy atom. The fourth-order valence-electron chi connectivity index (χ4n) is 3.50. The van der Waals surface area contributed by atoms with Gasteiger partial charge in [0.05, 0.1) is 19.2 Å². The minimum absolute atomic E-state index is 0.0164. The van der Waals surface area contributed by atoms with E-state index in [0.717, 1.165) is 18.4 Å². The predicted octanol–water partition coefficient (Wildman–Crippen LogP) is 3.50. The van der Waals surface area contributed by atoms with Crippen LogP contribution in [0, 0.1) is 5.92 Å². The third-order valence-corrected chi connectivity index (χ3v) is 5.80. The minimum atomic E-state index is -1.15. The topological polar surface area (TPSA) is 67.8 Å². The van der Waals surface area contributed by atoms with Gasteiger partial charge in [0.15, 0.2) is 0 Å². The second-order valence-corrected chi connectivity index (χ2v) is 7.56. The van der Waals surface area contributed by atoms with Crippen molar-refractivity contribution >= 4 is 21.8 Å². The molecule has 0 radical (unpaired) electrons. The number of carbonyl (C=O) groups is 1. The van der Waals surface area contributed by atoms with Crippen molar-refractivity contribution in [1.82, 2.24) is 5.32 Å². The van der Waals surface area contributed by atoms with Crippen LogP contribution in [0.3, 0.4) is 0 Å². The molecule has 3 rings (SSSR count). The van der Waals surface area contributed by atoms with Gasteiger partial charge in [-0.15, -0.1) is 0 Å². The molecule has 1 aliphatic rings. The summed E-state index contributed by atoms with van der Waals surface area (Å²) in [6.45, 7) is 1.37. The van der Waals surface area contributed by atoms with Crippen LogP contribution >= 0.6 is 15.9 Å². The number of halogens is 1. The molecule has 0 aliphatic carbocycles. The monoisotopic (exact) mass is 433 g/mol. The summed E-state index contributed by atoms with van der Waals surface area (Å²) in [6, 6.07) is 14.8. The molecule has 1 amide bonds. The van der Waals surface area contributed by atoms with Crippen LogP contribution in [-0.2, 0) is 10.3 Å². The van der Waals surface area contributed by atoms with E-state index in [0.29, 0.717) is 29.0 Å². The number of carbonyl (C=O) groups excluding carboxylic acids is 1. The van der Waals surface area contributed by atoms with Crippen LogP contribution in [-0.4, -0.2) is 37.9 Å². The first-order valence-electron chi connectivity index (χ1n) is 9.02. The maximum absolute atomic E-state index is 12.8. The molecule has 2 aromatic carbocycles. The molecule has 144 valence electrons. The van der Waals surface area contributed by atoms with Gasteiger partial charge in [-0.1, -0.05) is 30.3 Å². The molecular formula is C21H24BrNO4. The number of nitrogens with one attached hydrogen (secondary N) is 1. The molecule has 1 saturated heterocycles. The Labute approximate surface area is 167 Å². The van der Waals surface area contributed by atoms with E-state index in [9.17, 15) is 9.90 Å². The van der Waals surface area contributed by atoms with Crippen molar-refractivity contribution in [3.8, 4) is 5.75 Å². The van der Waals surface area contributed by atoms with E-state index in [2.05, 4.69) is 21.2 Å². The molecule has 27 heavy (non-hydrogen) atoms. The average molecular weight is 434 g/mol. The number of benzene rings is 2. The first-order chi connectivity index (χ1) is 13.0. The largest absolute Gasteiger partial charge is 0.497 e. The van der Waals surface area contributed by atoms with Gasteiger partial charge in [-0.2, -0.15) is 0 Å². The highest BCUT2D eigenvalue weighted by Gasteiger charge is 2.39. The third-order valence-electron chi connectivity index (χ3n) is 5.11. The fraction of sp³-hybridized carbons (Fsp3) is 0.381. The van der Waals surface area contributed by atoms with Crippen molar-refractivity contribution in [2.75, 3.05) is 26.9 Å². The second-order valence-electron chi connectivity index (χ2n) is 6.71. The maximum atomic E-state index is 12.8. The Morgan fingerprint density at radius 1 is 1.26 bits per heavy atom. The van der Waals surface area contributed by atoms with Gasteiger partial charge in [0.2, 0.25) is 0 Å². The Bertz CT molecular complexity index is 777. The standard InChI is InChI=1S/C21H24BrNO4/c1-26-17-7-8-19(22)18(13-17)20(24)23-14-21(25,15-5-3-2-4-6-15)16-9-11-27-12-10-16/h2-8,13,16,25H,9-12,14H2,1H3,(H,23,24)/t21-/m1/s1. The average Bonchev–Trinajstić information content (AvgIpc) is 2.73. The van der Waals surface area contributed by atoms with E-state index in [4.69, 9.17) is 9.47 Å². The molecular weight excluding hydrogens is 410 g/mol. The van der Waals surface area contributed by atoms with E-state index in [1.807, 2.05) is 30.3 Å². The molecule has 0 saturated carbocycles. The number of methoxy groups -OCH3 is 1. The van der Waals surface area contributed by atoms with Crippen LogP contribution in [0.2, 0.25) is 0 Å². The number of amides is 1. The quantitative estimate of drug-likeness (QED) is 0.731. The molecule has 1 atom stereocenters. The molecule has 2 aromatic rings. The van der Waals surface area contributed by atoms with Crippen LogP contribution < -0.4 is 10.1 Å². The molecule has 1 aliphatic heterocycles. The molecule has 2 N–H and O–H groups in total. The first-order valence-corrected chi connectivity index (χ1v) is 9.81. The van der Waals surface area contributed by atoms with E-state index in [1.165, 1.54) is 0 Å². The number of ether oxygens (including phenoxy) is 2. The lowest BCUT2D eigenvalue weighted by atomic mass is 9.77. The zero-order valence-corrected chi connectivity index (χ0v) is 16.9. The molecule has 1 heterocycles. The van der Waals surface area contributed by atoms with Gasteiger partial charge in [-0.3, -0.25) is 4.79 Å². The van der Waals surface area contributed by atoms with Crippen LogP contribution in [0.4, 0.5) is 0 Å². The van der Waals surface area contributed by atoms with Crippen molar-refractivity contribution < 1.29 is 19.4 Å². The van der Waals surface area contributed by atoms with Crippen molar-refractivity contribution in [2.45, 2.75) is 18.4 Å². The van der Waals surface area contributed by atoms with Crippen LogP contribution in [0.25, 0.3) is 0 Å². The van der Waals surface area contributed by atoms with Gasteiger partial charge < -0.3 is 19.9 Å². The highest BCUT2D eigenvalue weighted by Crippen LogP contribution is 2.36. The summed E-state index contributed by atoms with van der Waals surface area (Å²) in [5.74, 6) is 0.357. The minimum Gasteiger partial charge on any atom is -0.497 e. The van der Waals surface area contributed by atoms with E-state index >= 15 is 0 Å². The van der Waals surface area contributed by atoms with E-state index in [1.54, 1.807) is 25.3 Å². The number of hydrogen-bond acceptors (Lipinski definition) is 4. The van der Waals surface area contributed by atoms with Gasteiger partial charge in [0, 0.05) is 17.7 Å². The molecule has 0 unspecified atom stereocenters. The van der Waals surface area contributed by atoms with Crippen molar-refractivity contribution in [1.29, 1.82) is 0 Å². The van der Waals surface area contributed by atoms with Crippen LogP contribution in [0.1, 0.15) is 28.8 Å². The van der Waals surface area contributed by atoms with Crippen LogP contribution in [0.15, 0.2) is 53.0 Å². The number of aliphatic hydroxyl groups is 1. The lowest BCUT2D eigenvalue weighted by Gasteiger charge is -2.39. The highest BCUT2D eigenvalue weighted by atomic mass is 79.9. The second kappa shape index (κ2) is 8.87. The molecule has 0 aromatic heterocycles. The predicted molar refractivity (Wildman–Crippen MR) is 107 cm³/mol. The Balaban J connectivity index is 1.81. The molecule has 1 fully saturated rings. The first kappa shape index (κ1) is 19.9. The zero-order chi connectivity index (χ0) is 19.3. The van der Waals surface area contributed by atoms with Crippen molar-refractivity contribution in [3.05, 3.63) is 64.1 Å². The Hall–Kier alpha value is -1.89. The smallest absolute Gasteiger partial charge is 0.252 e. The van der Waals surface area contributed by atoms with Crippen molar-refractivity contribution in [3.63, 3.8) is 0 Å². The molecule has 0 bridgehead atoms. The van der Waals surface area contributed by atoms with Crippen molar-refractivity contribution in [2.24, 2.45) is 5.92 Å². The van der Waals surface area contributed by atoms with Gasteiger partial charge in [-0.05, 0) is 58.5 Å². The summed E-state index contributed by atoms with van der Waals surface area (Å²) in [5, 5.41) is 14.5. The van der Waals surface area contributed by atoms with Gasteiger partial charge >= 0.3 is 0 Å². The summed E-state index contributed by atoms with van der Waals surface area (Å²) in [4.78, 5) is 12.8. The van der Waals surface area contributed by atoms with Crippen LogP contribution in [0.5, 0.6) is 5.75 Å². The van der Waals surface area contributed by atoms with Gasteiger partial charge in [0.25, 0.3) is 5.91 Å². The SMILES string of the molecule is COc1ccc(Br)c(C(=O)NC[C@@](O)(c2ccccc2)C2CCOCC2)c1. The van der Waals surface area contributed by atoms with E-state index in [-0.39, 0.29) is 18.4 Å². The number of rotatable bonds is 6. The summed E-state index contributed by atoms with van der Waals surface area (Å²) < 4.78 is 11.3. The summed E-state index contributed by atoms with van der Waals surface area (Å²) in [5.41, 5.74) is 0.130. The zero-order valence-electron chi connectivity index (χ0n) is 15.3. The molecule has 6 heteroatoms. The summed E-state index contributed by atoms with van der Waals surface area (Å²) in [6.07, 6.45) is 1.51. The molecule has 5 nitrogen and oxygen atoms in total. The fourth-order valence-corrected chi connectivity index (χ4v) is 3.93. The summed E-state index contributed by atoms with van der Waals surface area (Å²) >= 11 is 3.41. The highest BCUT2D eigenvalue weighted by molar-refractivity contribution is 9.10. The van der Waals surface area contributed by atoms with Gasteiger partial charge in [-0.25, -0.2) is 0 Å². The maximum Gasteiger partial charge on any atom is 0.252 e. The lowest BCUT2D eigenvalue weighted by Crippen LogP contribution is -2.47. The van der Waals surface area contributed by atoms with Gasteiger partial charge in [0.1, 0.15) is 11.4 Å². The number of hydrogen-bond donors (Lipinski definition) is 2. The lowest BCUT2D eigenvalue weighted by molar-refractivity contribution is -0.0680. The third kappa shape index (κ3) is 4.51. The molecule has 0 spiro atoms. The van der Waals surface area contributed by atoms with E-state index < -0.39 is 5.60 Å². The Kier molecular flexibility index (Phi) is 6.52. The summed E-state index contributed by atoms with van der Waals surface area (Å²) in [7, 11) is 1.56. The Morgan fingerprint density at radius 2 is 1.96 bits per heavy atom. The normalized spacial score (nSPS) is 17.1.